The third kappa shape index (κ3) is 8.49. The van der Waals surface area contributed by atoms with Gasteiger partial charge in [0.05, 0.1) is 30.0 Å². The van der Waals surface area contributed by atoms with Crippen molar-refractivity contribution in [3.05, 3.63) is 48.0 Å². The summed E-state index contributed by atoms with van der Waals surface area (Å²) < 4.78 is 5.59. The summed E-state index contributed by atoms with van der Waals surface area (Å²) in [6.45, 7) is 1.82. The first-order valence-electron chi connectivity index (χ1n) is 13.0. The van der Waals surface area contributed by atoms with E-state index in [9.17, 15) is 19.5 Å². The zero-order chi connectivity index (χ0) is 25.1. The summed E-state index contributed by atoms with van der Waals surface area (Å²) in [5, 5.41) is 15.7. The molecule has 0 bridgehead atoms. The fraction of sp³-hybridized carbons (Fsp3) is 0.607. The molecule has 1 aromatic rings. The van der Waals surface area contributed by atoms with Gasteiger partial charge in [0, 0.05) is 6.42 Å². The van der Waals surface area contributed by atoms with Crippen molar-refractivity contribution in [2.45, 2.75) is 82.7 Å². The molecule has 3 N–H and O–H groups in total. The van der Waals surface area contributed by atoms with E-state index in [-0.39, 0.29) is 49.4 Å². The topological polar surface area (TPSA) is 105 Å². The Labute approximate surface area is 208 Å². The number of amides is 2. The lowest BCUT2D eigenvalue weighted by molar-refractivity contribution is -0.150. The normalized spacial score (nSPS) is 25.8. The number of ether oxygens (including phenoxy) is 1. The van der Waals surface area contributed by atoms with E-state index in [0.717, 1.165) is 50.5 Å². The SMILES string of the molecule is C[C@H]1COC(=O)[C@@H](Cc2ccccc2)CCCC=CC[C@H](CC(=O)NC2(CO)CCCC2)C(=O)N1. The molecule has 1 aliphatic heterocycles. The van der Waals surface area contributed by atoms with Gasteiger partial charge in [0.25, 0.3) is 0 Å². The van der Waals surface area contributed by atoms with Gasteiger partial charge >= 0.3 is 5.97 Å². The molecule has 7 heteroatoms. The molecule has 0 unspecified atom stereocenters. The molecule has 1 aromatic carbocycles. The number of aliphatic hydroxyl groups is 1. The van der Waals surface area contributed by atoms with E-state index in [1.54, 1.807) is 6.92 Å². The first-order valence-corrected chi connectivity index (χ1v) is 13.0. The van der Waals surface area contributed by atoms with Gasteiger partial charge in [0.15, 0.2) is 0 Å². The van der Waals surface area contributed by atoms with Gasteiger partial charge in [-0.25, -0.2) is 0 Å². The van der Waals surface area contributed by atoms with Crippen LogP contribution in [0.1, 0.15) is 70.3 Å². The Balaban J connectivity index is 1.61. The van der Waals surface area contributed by atoms with Gasteiger partial charge in [0.2, 0.25) is 11.8 Å². The van der Waals surface area contributed by atoms with Crippen molar-refractivity contribution in [3.8, 4) is 0 Å². The van der Waals surface area contributed by atoms with Gasteiger partial charge in [-0.3, -0.25) is 14.4 Å². The molecule has 0 spiro atoms. The number of hydrogen-bond acceptors (Lipinski definition) is 5. The summed E-state index contributed by atoms with van der Waals surface area (Å²) in [6, 6.07) is 9.58. The standard InChI is InChI=1S/C28H40N2O5/c1-21-19-35-27(34)24(17-22-11-5-4-6-12-22)14-8-3-2-7-13-23(26(33)29-21)18-25(32)30-28(20-31)15-9-10-16-28/h2,4-7,11-12,21,23-24,31H,3,8-10,13-20H2,1H3,(H,29,33)(H,30,32)/t21-,23+,24+/m0/s1. The van der Waals surface area contributed by atoms with Gasteiger partial charge in [-0.2, -0.15) is 0 Å². The zero-order valence-corrected chi connectivity index (χ0v) is 20.8. The number of rotatable bonds is 6. The van der Waals surface area contributed by atoms with E-state index in [1.165, 1.54) is 0 Å². The highest BCUT2D eigenvalue weighted by Gasteiger charge is 2.35. The van der Waals surface area contributed by atoms with Crippen LogP contribution in [-0.2, 0) is 25.5 Å². The lowest BCUT2D eigenvalue weighted by Crippen LogP contribution is -2.50. The molecule has 0 saturated heterocycles. The third-order valence-corrected chi connectivity index (χ3v) is 7.10. The summed E-state index contributed by atoms with van der Waals surface area (Å²) in [7, 11) is 0. The van der Waals surface area contributed by atoms with E-state index in [4.69, 9.17) is 4.74 Å². The number of carbonyl (C=O) groups is 3. The van der Waals surface area contributed by atoms with Crippen LogP contribution < -0.4 is 10.6 Å². The number of esters is 1. The molecule has 3 atom stereocenters. The van der Waals surface area contributed by atoms with Crippen molar-refractivity contribution in [1.82, 2.24) is 10.6 Å². The lowest BCUT2D eigenvalue weighted by atomic mass is 9.93. The molecule has 1 saturated carbocycles. The number of allylic oxidation sites excluding steroid dienone is 2. The molecule has 3 rings (SSSR count). The number of benzene rings is 1. The highest BCUT2D eigenvalue weighted by Crippen LogP contribution is 2.29. The fourth-order valence-corrected chi connectivity index (χ4v) is 5.02. The number of aliphatic hydroxyl groups excluding tert-OH is 1. The Kier molecular flexibility index (Phi) is 10.3. The largest absolute Gasteiger partial charge is 0.463 e. The predicted molar refractivity (Wildman–Crippen MR) is 134 cm³/mol. The minimum atomic E-state index is -0.553. The van der Waals surface area contributed by atoms with Crippen molar-refractivity contribution < 1.29 is 24.2 Å². The highest BCUT2D eigenvalue weighted by molar-refractivity contribution is 5.86. The molecule has 7 nitrogen and oxygen atoms in total. The van der Waals surface area contributed by atoms with E-state index in [1.807, 2.05) is 42.5 Å². The van der Waals surface area contributed by atoms with Gasteiger partial charge in [-0.1, -0.05) is 55.3 Å². The summed E-state index contributed by atoms with van der Waals surface area (Å²) >= 11 is 0. The van der Waals surface area contributed by atoms with Crippen LogP contribution in [0.4, 0.5) is 0 Å². The van der Waals surface area contributed by atoms with Crippen LogP contribution in [-0.4, -0.2) is 47.7 Å². The van der Waals surface area contributed by atoms with Gasteiger partial charge < -0.3 is 20.5 Å². The number of cyclic esters (lactones) is 1. The molecule has 1 fully saturated rings. The van der Waals surface area contributed by atoms with Crippen LogP contribution in [0.5, 0.6) is 0 Å². The maximum atomic E-state index is 13.0. The molecule has 0 radical (unpaired) electrons. The van der Waals surface area contributed by atoms with Crippen molar-refractivity contribution in [1.29, 1.82) is 0 Å². The third-order valence-electron chi connectivity index (χ3n) is 7.10. The second kappa shape index (κ2) is 13.4. The molecule has 2 aliphatic rings. The van der Waals surface area contributed by atoms with Crippen LogP contribution in [0.25, 0.3) is 0 Å². The first-order chi connectivity index (χ1) is 16.9. The summed E-state index contributed by atoms with van der Waals surface area (Å²) in [4.78, 5) is 38.6. The van der Waals surface area contributed by atoms with Gasteiger partial charge in [-0.15, -0.1) is 0 Å². The van der Waals surface area contributed by atoms with Crippen molar-refractivity contribution >= 4 is 17.8 Å². The molecule has 192 valence electrons. The van der Waals surface area contributed by atoms with E-state index in [0.29, 0.717) is 12.8 Å². The smallest absolute Gasteiger partial charge is 0.309 e. The first kappa shape index (κ1) is 26.9. The summed E-state index contributed by atoms with van der Waals surface area (Å²) in [5.74, 6) is -1.41. The Hall–Kier alpha value is -2.67. The Bertz CT molecular complexity index is 863. The van der Waals surface area contributed by atoms with Crippen LogP contribution >= 0.6 is 0 Å². The van der Waals surface area contributed by atoms with Crippen molar-refractivity contribution in [3.63, 3.8) is 0 Å². The zero-order valence-electron chi connectivity index (χ0n) is 20.8. The molecular formula is C28H40N2O5. The molecule has 0 aromatic heterocycles. The second-order valence-electron chi connectivity index (χ2n) is 10.2. The molecular weight excluding hydrogens is 444 g/mol. The minimum Gasteiger partial charge on any atom is -0.463 e. The second-order valence-corrected chi connectivity index (χ2v) is 10.2. The molecule has 1 heterocycles. The average Bonchev–Trinajstić information content (AvgIpc) is 3.32. The quantitative estimate of drug-likeness (QED) is 0.424. The monoisotopic (exact) mass is 484 g/mol. The van der Waals surface area contributed by atoms with Crippen LogP contribution in [0.15, 0.2) is 42.5 Å². The fourth-order valence-electron chi connectivity index (χ4n) is 5.02. The van der Waals surface area contributed by atoms with Crippen molar-refractivity contribution in [2.24, 2.45) is 11.8 Å². The maximum absolute atomic E-state index is 13.0. The van der Waals surface area contributed by atoms with E-state index < -0.39 is 11.5 Å². The van der Waals surface area contributed by atoms with Crippen molar-refractivity contribution in [2.75, 3.05) is 13.2 Å². The number of hydrogen-bond donors (Lipinski definition) is 3. The number of nitrogens with one attached hydrogen (secondary N) is 2. The maximum Gasteiger partial charge on any atom is 0.309 e. The Morgan fingerprint density at radius 3 is 2.57 bits per heavy atom. The highest BCUT2D eigenvalue weighted by atomic mass is 16.5. The van der Waals surface area contributed by atoms with E-state index in [2.05, 4.69) is 10.6 Å². The predicted octanol–water partition coefficient (Wildman–Crippen LogP) is 3.45. The Morgan fingerprint density at radius 2 is 1.86 bits per heavy atom. The molecule has 35 heavy (non-hydrogen) atoms. The van der Waals surface area contributed by atoms with Crippen LogP contribution in [0, 0.1) is 11.8 Å². The molecule has 1 aliphatic carbocycles. The van der Waals surface area contributed by atoms with Gasteiger partial charge in [-0.05, 0) is 57.4 Å². The Morgan fingerprint density at radius 1 is 1.11 bits per heavy atom. The van der Waals surface area contributed by atoms with Crippen LogP contribution in [0.2, 0.25) is 0 Å². The molecule has 2 amide bonds. The lowest BCUT2D eigenvalue weighted by Gasteiger charge is -2.29. The minimum absolute atomic E-state index is 0.0591. The van der Waals surface area contributed by atoms with Gasteiger partial charge in [0.1, 0.15) is 6.61 Å². The number of carbonyl (C=O) groups excluding carboxylic acids is 3. The summed E-state index contributed by atoms with van der Waals surface area (Å²) in [5.41, 5.74) is 0.553. The summed E-state index contributed by atoms with van der Waals surface area (Å²) in [6.07, 6.45) is 11.0. The van der Waals surface area contributed by atoms with E-state index >= 15 is 0 Å². The van der Waals surface area contributed by atoms with Crippen LogP contribution in [0.3, 0.4) is 0 Å². The average molecular weight is 485 g/mol.